The van der Waals surface area contributed by atoms with Crippen molar-refractivity contribution in [1.29, 1.82) is 0 Å². The number of carbonyl (C=O) groups excluding carboxylic acids is 1. The first kappa shape index (κ1) is 17.5. The van der Waals surface area contributed by atoms with Gasteiger partial charge in [-0.05, 0) is 31.0 Å². The van der Waals surface area contributed by atoms with Gasteiger partial charge in [0.1, 0.15) is 17.8 Å². The fraction of sp³-hybridized carbons (Fsp3) is 0.312. The largest absolute Gasteiger partial charge is 0.416 e. The van der Waals surface area contributed by atoms with Crippen LogP contribution in [-0.2, 0) is 6.18 Å². The predicted octanol–water partition coefficient (Wildman–Crippen LogP) is 4.13. The summed E-state index contributed by atoms with van der Waals surface area (Å²) < 4.78 is 38.5. The van der Waals surface area contributed by atoms with Gasteiger partial charge < -0.3 is 10.2 Å². The zero-order valence-corrected chi connectivity index (χ0v) is 13.7. The number of rotatable bonds is 3. The van der Waals surface area contributed by atoms with Gasteiger partial charge in [-0.2, -0.15) is 13.2 Å². The molecule has 0 aliphatic carbocycles. The summed E-state index contributed by atoms with van der Waals surface area (Å²) in [6, 6.07) is 4.35. The SMILES string of the molecule is O=C(c1cc(Nc2cc(C(F)(F)F)ccc2Cl)ncn1)N1CCCC1. The number of benzene rings is 1. The number of likely N-dealkylation sites (tertiary alicyclic amines) is 1. The molecule has 1 amide bonds. The van der Waals surface area contributed by atoms with Gasteiger partial charge in [-0.25, -0.2) is 9.97 Å². The summed E-state index contributed by atoms with van der Waals surface area (Å²) in [7, 11) is 0. The van der Waals surface area contributed by atoms with Crippen LogP contribution in [0.15, 0.2) is 30.6 Å². The van der Waals surface area contributed by atoms with Crippen LogP contribution in [0.4, 0.5) is 24.7 Å². The van der Waals surface area contributed by atoms with Gasteiger partial charge >= 0.3 is 6.18 Å². The summed E-state index contributed by atoms with van der Waals surface area (Å²) in [6.45, 7) is 1.34. The molecule has 0 saturated carbocycles. The van der Waals surface area contributed by atoms with E-state index < -0.39 is 11.7 Å². The summed E-state index contributed by atoms with van der Waals surface area (Å²) in [5.41, 5.74) is -0.598. The van der Waals surface area contributed by atoms with Gasteiger partial charge in [0.15, 0.2) is 0 Å². The van der Waals surface area contributed by atoms with Crippen molar-refractivity contribution in [3.8, 4) is 0 Å². The first-order chi connectivity index (χ1) is 11.8. The minimum atomic E-state index is -4.48. The predicted molar refractivity (Wildman–Crippen MR) is 86.9 cm³/mol. The Bertz CT molecular complexity index is 791. The third-order valence-corrected chi connectivity index (χ3v) is 4.17. The van der Waals surface area contributed by atoms with Crippen molar-refractivity contribution in [2.24, 2.45) is 0 Å². The average molecular weight is 371 g/mol. The molecule has 3 rings (SSSR count). The Morgan fingerprint density at radius 3 is 2.56 bits per heavy atom. The van der Waals surface area contributed by atoms with Crippen molar-refractivity contribution in [1.82, 2.24) is 14.9 Å². The van der Waals surface area contributed by atoms with E-state index in [2.05, 4.69) is 15.3 Å². The van der Waals surface area contributed by atoms with E-state index in [1.807, 2.05) is 0 Å². The molecule has 1 aliphatic heterocycles. The lowest BCUT2D eigenvalue weighted by molar-refractivity contribution is -0.137. The molecule has 0 radical (unpaired) electrons. The van der Waals surface area contributed by atoms with Gasteiger partial charge in [0.05, 0.1) is 16.3 Å². The van der Waals surface area contributed by atoms with Gasteiger partial charge in [-0.15, -0.1) is 0 Å². The molecule has 5 nitrogen and oxygen atoms in total. The number of aromatic nitrogens is 2. The fourth-order valence-electron chi connectivity index (χ4n) is 2.56. The molecule has 2 aromatic rings. The van der Waals surface area contributed by atoms with Gasteiger partial charge in [-0.3, -0.25) is 4.79 Å². The van der Waals surface area contributed by atoms with E-state index in [9.17, 15) is 18.0 Å². The number of halogens is 4. The van der Waals surface area contributed by atoms with Crippen LogP contribution in [0, 0.1) is 0 Å². The van der Waals surface area contributed by atoms with Crippen LogP contribution in [0.5, 0.6) is 0 Å². The van der Waals surface area contributed by atoms with Crippen LogP contribution in [0.3, 0.4) is 0 Å². The van der Waals surface area contributed by atoms with Crippen molar-refractivity contribution in [3.63, 3.8) is 0 Å². The summed E-state index contributed by atoms with van der Waals surface area (Å²) in [5.74, 6) is -0.0307. The van der Waals surface area contributed by atoms with Crippen molar-refractivity contribution in [2.75, 3.05) is 18.4 Å². The highest BCUT2D eigenvalue weighted by Crippen LogP contribution is 2.34. The fourth-order valence-corrected chi connectivity index (χ4v) is 2.73. The second-order valence-electron chi connectivity index (χ2n) is 5.61. The summed E-state index contributed by atoms with van der Waals surface area (Å²) in [4.78, 5) is 21.9. The van der Waals surface area contributed by atoms with E-state index in [0.29, 0.717) is 13.1 Å². The van der Waals surface area contributed by atoms with Crippen LogP contribution in [0.2, 0.25) is 5.02 Å². The van der Waals surface area contributed by atoms with E-state index in [4.69, 9.17) is 11.6 Å². The maximum atomic E-state index is 12.8. The Balaban J connectivity index is 1.84. The van der Waals surface area contributed by atoms with E-state index >= 15 is 0 Å². The highest BCUT2D eigenvalue weighted by Gasteiger charge is 2.31. The van der Waals surface area contributed by atoms with Crippen LogP contribution < -0.4 is 5.32 Å². The number of carbonyl (C=O) groups is 1. The molecule has 25 heavy (non-hydrogen) atoms. The molecule has 0 unspecified atom stereocenters. The van der Waals surface area contributed by atoms with Crippen LogP contribution in [-0.4, -0.2) is 33.9 Å². The average Bonchev–Trinajstić information content (AvgIpc) is 3.10. The second-order valence-corrected chi connectivity index (χ2v) is 6.01. The van der Waals surface area contributed by atoms with Crippen molar-refractivity contribution in [3.05, 3.63) is 46.9 Å². The van der Waals surface area contributed by atoms with Gasteiger partial charge in [0.2, 0.25) is 0 Å². The Kier molecular flexibility index (Phi) is 4.80. The smallest absolute Gasteiger partial charge is 0.339 e. The third-order valence-electron chi connectivity index (χ3n) is 3.84. The zero-order chi connectivity index (χ0) is 18.0. The molecule has 1 aromatic heterocycles. The Morgan fingerprint density at radius 1 is 1.16 bits per heavy atom. The standard InChI is InChI=1S/C16H14ClF3N4O/c17-11-4-3-10(16(18,19)20)7-12(11)23-14-8-13(21-9-22-14)15(25)24-5-1-2-6-24/h3-4,7-9H,1-2,5-6H2,(H,21,22,23). The first-order valence-corrected chi connectivity index (χ1v) is 7.97. The number of nitrogens with one attached hydrogen (secondary N) is 1. The zero-order valence-electron chi connectivity index (χ0n) is 13.0. The molecule has 0 spiro atoms. The number of hydrogen-bond acceptors (Lipinski definition) is 4. The maximum absolute atomic E-state index is 12.8. The molecule has 0 bridgehead atoms. The maximum Gasteiger partial charge on any atom is 0.416 e. The molecule has 1 saturated heterocycles. The molecule has 0 atom stereocenters. The van der Waals surface area contributed by atoms with E-state index in [1.165, 1.54) is 12.4 Å². The quantitative estimate of drug-likeness (QED) is 0.882. The molecule has 1 aliphatic rings. The Labute approximate surface area is 146 Å². The topological polar surface area (TPSA) is 58.1 Å². The molecular formula is C16H14ClF3N4O. The molecule has 132 valence electrons. The van der Waals surface area contributed by atoms with Crippen molar-refractivity contribution in [2.45, 2.75) is 19.0 Å². The lowest BCUT2D eigenvalue weighted by Gasteiger charge is -2.15. The molecule has 9 heteroatoms. The van der Waals surface area contributed by atoms with E-state index in [0.717, 1.165) is 31.0 Å². The number of anilines is 2. The van der Waals surface area contributed by atoms with Gasteiger partial charge in [0, 0.05) is 19.2 Å². The molecular weight excluding hydrogens is 357 g/mol. The van der Waals surface area contributed by atoms with E-state index in [-0.39, 0.29) is 28.1 Å². The van der Waals surface area contributed by atoms with Crippen LogP contribution >= 0.6 is 11.6 Å². The lowest BCUT2D eigenvalue weighted by Crippen LogP contribution is -2.28. The van der Waals surface area contributed by atoms with E-state index in [1.54, 1.807) is 4.90 Å². The third kappa shape index (κ3) is 4.01. The molecule has 2 heterocycles. The van der Waals surface area contributed by atoms with Crippen LogP contribution in [0.1, 0.15) is 28.9 Å². The second kappa shape index (κ2) is 6.87. The van der Waals surface area contributed by atoms with Crippen LogP contribution in [0.25, 0.3) is 0 Å². The highest BCUT2D eigenvalue weighted by molar-refractivity contribution is 6.33. The summed E-state index contributed by atoms with van der Waals surface area (Å²) in [6.07, 6.45) is -1.40. The molecule has 1 N–H and O–H groups in total. The van der Waals surface area contributed by atoms with Crippen molar-refractivity contribution < 1.29 is 18.0 Å². The number of alkyl halides is 3. The highest BCUT2D eigenvalue weighted by atomic mass is 35.5. The summed E-state index contributed by atoms with van der Waals surface area (Å²) in [5, 5.41) is 2.83. The molecule has 1 fully saturated rings. The number of nitrogens with zero attached hydrogens (tertiary/aromatic N) is 3. The molecule has 1 aromatic carbocycles. The normalized spacial score (nSPS) is 14.6. The summed E-state index contributed by atoms with van der Waals surface area (Å²) >= 11 is 5.95. The van der Waals surface area contributed by atoms with Gasteiger partial charge in [-0.1, -0.05) is 11.6 Å². The number of hydrogen-bond donors (Lipinski definition) is 1. The lowest BCUT2D eigenvalue weighted by atomic mass is 10.2. The first-order valence-electron chi connectivity index (χ1n) is 7.60. The Hall–Kier alpha value is -2.35. The van der Waals surface area contributed by atoms with Gasteiger partial charge in [0.25, 0.3) is 5.91 Å². The monoisotopic (exact) mass is 370 g/mol. The van der Waals surface area contributed by atoms with Crippen molar-refractivity contribution >= 4 is 29.0 Å². The minimum Gasteiger partial charge on any atom is -0.339 e. The number of amides is 1. The Morgan fingerprint density at radius 2 is 1.88 bits per heavy atom. The minimum absolute atomic E-state index is 0.0507.